The van der Waals surface area contributed by atoms with Crippen LogP contribution in [0.25, 0.3) is 0 Å². The molecule has 0 bridgehead atoms. The molecule has 0 heterocycles. The summed E-state index contributed by atoms with van der Waals surface area (Å²) >= 11 is 0. The fourth-order valence-electron chi connectivity index (χ4n) is 10.8. The van der Waals surface area contributed by atoms with E-state index < -0.39 is 5.41 Å². The molecular weight excluding hydrogens is 997 g/mol. The van der Waals surface area contributed by atoms with Crippen LogP contribution in [0.2, 0.25) is 0 Å². The summed E-state index contributed by atoms with van der Waals surface area (Å²) in [5.41, 5.74) is 14.1. The number of hydrogen-bond acceptors (Lipinski definition) is 9. The van der Waals surface area contributed by atoms with Crippen LogP contribution in [0.3, 0.4) is 0 Å². The number of hydrogen-bond donors (Lipinski definition) is 9. The summed E-state index contributed by atoms with van der Waals surface area (Å²) in [6, 6.07) is 62.9. The first-order valence-corrected chi connectivity index (χ1v) is 26.8. The van der Waals surface area contributed by atoms with Gasteiger partial charge < -0.3 is 46.0 Å². The summed E-state index contributed by atoms with van der Waals surface area (Å²) in [5, 5.41) is 97.0. The molecule has 402 valence electrons. The lowest BCUT2D eigenvalue weighted by atomic mass is 9.75. The van der Waals surface area contributed by atoms with Crippen molar-refractivity contribution in [2.75, 3.05) is 0 Å². The largest absolute Gasteiger partial charge is 0.508 e. The smallest absolute Gasteiger partial charge is 0.122 e. The second-order valence-electron chi connectivity index (χ2n) is 21.7. The molecule has 10 aromatic rings. The average molecular weight is 1060 g/mol. The lowest BCUT2D eigenvalue weighted by Crippen LogP contribution is -2.20. The van der Waals surface area contributed by atoms with E-state index in [0.29, 0.717) is 67.2 Å². The summed E-state index contributed by atoms with van der Waals surface area (Å²) in [6.07, 6.45) is 2.90. The third-order valence-electron chi connectivity index (χ3n) is 15.5. The van der Waals surface area contributed by atoms with Crippen LogP contribution in [-0.4, -0.2) is 46.0 Å². The van der Waals surface area contributed by atoms with Crippen LogP contribution >= 0.6 is 0 Å². The minimum atomic E-state index is -0.578. The van der Waals surface area contributed by atoms with E-state index in [9.17, 15) is 46.0 Å². The Hall–Kier alpha value is -9.60. The zero-order chi connectivity index (χ0) is 56.1. The summed E-state index contributed by atoms with van der Waals surface area (Å²) < 4.78 is 0. The Bertz CT molecular complexity index is 3550. The molecule has 0 fully saturated rings. The van der Waals surface area contributed by atoms with Gasteiger partial charge in [0.1, 0.15) is 51.7 Å². The molecular formula is C71H64O9. The van der Waals surface area contributed by atoms with Gasteiger partial charge in [-0.25, -0.2) is 0 Å². The molecule has 1 atom stereocenters. The van der Waals surface area contributed by atoms with Crippen molar-refractivity contribution in [2.24, 2.45) is 0 Å². The van der Waals surface area contributed by atoms with Gasteiger partial charge in [0.15, 0.2) is 0 Å². The van der Waals surface area contributed by atoms with Crippen LogP contribution in [0.15, 0.2) is 206 Å². The van der Waals surface area contributed by atoms with E-state index >= 15 is 0 Å². The molecule has 0 amide bonds. The molecule has 0 radical (unpaired) electrons. The molecule has 0 saturated heterocycles. The molecule has 0 aliphatic rings. The molecule has 0 saturated carbocycles. The van der Waals surface area contributed by atoms with Crippen molar-refractivity contribution in [1.29, 1.82) is 0 Å². The summed E-state index contributed by atoms with van der Waals surface area (Å²) in [5.74, 6) is 1.12. The van der Waals surface area contributed by atoms with Crippen molar-refractivity contribution < 1.29 is 46.0 Å². The molecule has 0 aliphatic heterocycles. The monoisotopic (exact) mass is 1060 g/mol. The normalized spacial score (nSPS) is 11.9. The molecule has 9 N–H and O–H groups in total. The van der Waals surface area contributed by atoms with E-state index in [4.69, 9.17) is 0 Å². The molecule has 0 aliphatic carbocycles. The molecule has 80 heavy (non-hydrogen) atoms. The van der Waals surface area contributed by atoms with Crippen LogP contribution in [0.1, 0.15) is 114 Å². The van der Waals surface area contributed by atoms with Gasteiger partial charge in [0.05, 0.1) is 0 Å². The van der Waals surface area contributed by atoms with E-state index in [0.717, 1.165) is 72.3 Å². The Balaban J connectivity index is 1.10. The number of benzene rings is 10. The van der Waals surface area contributed by atoms with Crippen molar-refractivity contribution in [2.45, 2.75) is 70.1 Å². The van der Waals surface area contributed by atoms with Gasteiger partial charge in [0.25, 0.3) is 0 Å². The van der Waals surface area contributed by atoms with Crippen LogP contribution in [0.5, 0.6) is 51.7 Å². The molecule has 9 heteroatoms. The fraction of sp³-hybridized carbons (Fsp3) is 0.155. The predicted molar refractivity (Wildman–Crippen MR) is 314 cm³/mol. The average Bonchev–Trinajstić information content (AvgIpc) is 3.51. The lowest BCUT2D eigenvalue weighted by molar-refractivity contribution is 0.461. The first-order chi connectivity index (χ1) is 38.5. The molecule has 0 aromatic heterocycles. The maximum Gasteiger partial charge on any atom is 0.122 e. The Morgan fingerprint density at radius 3 is 0.787 bits per heavy atom. The quantitative estimate of drug-likeness (QED) is 0.0404. The van der Waals surface area contributed by atoms with Crippen LogP contribution in [0.4, 0.5) is 0 Å². The first-order valence-electron chi connectivity index (χ1n) is 26.8. The highest BCUT2D eigenvalue weighted by Gasteiger charge is 2.28. The van der Waals surface area contributed by atoms with Gasteiger partial charge in [-0.2, -0.15) is 0 Å². The van der Waals surface area contributed by atoms with E-state index in [1.165, 1.54) is 0 Å². The van der Waals surface area contributed by atoms with Gasteiger partial charge in [-0.05, 0) is 174 Å². The SMILES string of the molecule is CC(C)(c1ccc(C(Cc2cc(Cc3ccc(O)cc3)c(O)c(Cc3ccc(O)cc3)c2)c2cc(Cc3ccc(O)cc3)c(O)c(Cc3ccc(O)cc3)c2)cc1)c1cc(Cc2ccc(O)cc2)c(O)c(Cc2ccc(O)cc2)c1. The predicted octanol–water partition coefficient (Wildman–Crippen LogP) is 14.3. The van der Waals surface area contributed by atoms with Gasteiger partial charge in [-0.1, -0.05) is 147 Å². The van der Waals surface area contributed by atoms with Crippen LogP contribution in [0, 0.1) is 0 Å². The van der Waals surface area contributed by atoms with E-state index in [1.54, 1.807) is 72.8 Å². The zero-order valence-electron chi connectivity index (χ0n) is 44.7. The zero-order valence-corrected chi connectivity index (χ0v) is 44.7. The third-order valence-corrected chi connectivity index (χ3v) is 15.5. The maximum absolute atomic E-state index is 12.2. The number of aromatic hydroxyl groups is 9. The van der Waals surface area contributed by atoms with Gasteiger partial charge in [0, 0.05) is 49.9 Å². The van der Waals surface area contributed by atoms with Crippen molar-refractivity contribution >= 4 is 0 Å². The second-order valence-corrected chi connectivity index (χ2v) is 21.7. The van der Waals surface area contributed by atoms with Crippen molar-refractivity contribution in [3.63, 3.8) is 0 Å². The topological polar surface area (TPSA) is 182 Å². The molecule has 10 rings (SSSR count). The molecule has 9 nitrogen and oxygen atoms in total. The first kappa shape index (κ1) is 53.8. The summed E-state index contributed by atoms with van der Waals surface area (Å²) in [6.45, 7) is 4.35. The maximum atomic E-state index is 12.2. The molecule has 1 unspecified atom stereocenters. The van der Waals surface area contributed by atoms with Crippen LogP contribution < -0.4 is 0 Å². The van der Waals surface area contributed by atoms with Crippen molar-refractivity contribution in [3.05, 3.63) is 301 Å². The van der Waals surface area contributed by atoms with E-state index in [2.05, 4.69) is 74.5 Å². The number of phenols is 9. The highest BCUT2D eigenvalue weighted by molar-refractivity contribution is 5.56. The third kappa shape index (κ3) is 12.7. The van der Waals surface area contributed by atoms with Gasteiger partial charge in [0.2, 0.25) is 0 Å². The lowest BCUT2D eigenvalue weighted by Gasteiger charge is -2.29. The van der Waals surface area contributed by atoms with Gasteiger partial charge >= 0.3 is 0 Å². The minimum absolute atomic E-state index is 0.143. The molecule has 0 spiro atoms. The number of phenolic OH excluding ortho intramolecular Hbond substituents is 9. The summed E-state index contributed by atoms with van der Waals surface area (Å²) in [7, 11) is 0. The second kappa shape index (κ2) is 23.2. The Morgan fingerprint density at radius 1 is 0.263 bits per heavy atom. The standard InChI is InChI=1S/C71H64O9/c1-71(2,60-42-57(35-48-11-27-65(76)28-12-48)70(80)58(43-60)36-49-13-29-66(77)30-14-49)59-17-15-51(16-18-59)67(52-40-55(33-46-7-23-63(74)24-8-46)69(79)56(41-52)34-47-9-25-64(75)26-10-47)39-50-37-53(31-44-3-19-61(72)20-4-44)68(78)54(38-50)32-45-5-21-62(73)22-6-45/h3-30,37-38,40-43,67,72-80H,31-36,39H2,1-2H3. The van der Waals surface area contributed by atoms with Crippen LogP contribution in [-0.2, 0) is 50.4 Å². The molecule has 10 aromatic carbocycles. The van der Waals surface area contributed by atoms with E-state index in [1.807, 2.05) is 72.8 Å². The number of rotatable bonds is 18. The minimum Gasteiger partial charge on any atom is -0.508 e. The Morgan fingerprint density at radius 2 is 0.512 bits per heavy atom. The Kier molecular flexibility index (Phi) is 15.6. The highest BCUT2D eigenvalue weighted by Crippen LogP contribution is 2.42. The summed E-state index contributed by atoms with van der Waals surface area (Å²) in [4.78, 5) is 0. The Labute approximate surface area is 466 Å². The van der Waals surface area contributed by atoms with Gasteiger partial charge in [-0.15, -0.1) is 0 Å². The van der Waals surface area contributed by atoms with Crippen molar-refractivity contribution in [1.82, 2.24) is 0 Å². The fourth-order valence-corrected chi connectivity index (χ4v) is 10.8. The highest BCUT2D eigenvalue weighted by atomic mass is 16.3. The van der Waals surface area contributed by atoms with E-state index in [-0.39, 0.29) is 57.7 Å². The van der Waals surface area contributed by atoms with Crippen molar-refractivity contribution in [3.8, 4) is 51.7 Å². The van der Waals surface area contributed by atoms with Gasteiger partial charge in [-0.3, -0.25) is 0 Å².